The Labute approximate surface area is 154 Å². The Hall–Kier alpha value is -2.69. The molecule has 0 spiro atoms. The summed E-state index contributed by atoms with van der Waals surface area (Å²) in [7, 11) is 0. The fraction of sp³-hybridized carbons (Fsp3) is 0. The van der Waals surface area contributed by atoms with Crippen molar-refractivity contribution < 1.29 is 14.6 Å². The zero-order valence-electron chi connectivity index (χ0n) is 12.9. The third-order valence-electron chi connectivity index (χ3n) is 3.37. The maximum Gasteiger partial charge on any atom is 0.255 e. The van der Waals surface area contributed by atoms with Crippen LogP contribution in [0.2, 0.25) is 10.0 Å². The molecule has 0 bridgehead atoms. The average molecular weight is 374 g/mol. The van der Waals surface area contributed by atoms with Crippen molar-refractivity contribution in [1.82, 2.24) is 0 Å². The van der Waals surface area contributed by atoms with Crippen LogP contribution in [0.5, 0.6) is 17.2 Å². The fourth-order valence-corrected chi connectivity index (χ4v) is 2.59. The Bertz CT molecular complexity index is 914. The molecule has 126 valence electrons. The molecule has 0 aliphatic carbocycles. The predicted octanol–water partition coefficient (Wildman–Crippen LogP) is 5.74. The zero-order valence-corrected chi connectivity index (χ0v) is 14.4. The van der Waals surface area contributed by atoms with E-state index in [1.54, 1.807) is 30.3 Å². The first-order valence-electron chi connectivity index (χ1n) is 7.35. The Balaban J connectivity index is 1.77. The van der Waals surface area contributed by atoms with Crippen molar-refractivity contribution in [2.45, 2.75) is 0 Å². The summed E-state index contributed by atoms with van der Waals surface area (Å²) >= 11 is 11.9. The molecule has 4 nitrogen and oxygen atoms in total. The highest BCUT2D eigenvalue weighted by molar-refractivity contribution is 6.35. The van der Waals surface area contributed by atoms with E-state index in [0.29, 0.717) is 27.0 Å². The molecule has 0 unspecified atom stereocenters. The number of hydrogen-bond donors (Lipinski definition) is 2. The molecule has 0 aromatic heterocycles. The number of anilines is 1. The van der Waals surface area contributed by atoms with Gasteiger partial charge in [-0.05, 0) is 48.5 Å². The van der Waals surface area contributed by atoms with Crippen LogP contribution in [-0.2, 0) is 0 Å². The number of phenols is 1. The number of hydrogen-bond acceptors (Lipinski definition) is 3. The minimum Gasteiger partial charge on any atom is -0.504 e. The van der Waals surface area contributed by atoms with Gasteiger partial charge < -0.3 is 15.2 Å². The monoisotopic (exact) mass is 373 g/mol. The van der Waals surface area contributed by atoms with E-state index < -0.39 is 0 Å². The molecule has 0 saturated carbocycles. The van der Waals surface area contributed by atoms with E-state index in [1.807, 2.05) is 18.2 Å². The summed E-state index contributed by atoms with van der Waals surface area (Å²) < 4.78 is 5.58. The second-order valence-corrected chi connectivity index (χ2v) is 6.02. The Morgan fingerprint density at radius 2 is 1.64 bits per heavy atom. The third kappa shape index (κ3) is 4.24. The largest absolute Gasteiger partial charge is 0.504 e. The highest BCUT2D eigenvalue weighted by Crippen LogP contribution is 2.36. The van der Waals surface area contributed by atoms with Gasteiger partial charge in [0.1, 0.15) is 5.75 Å². The van der Waals surface area contributed by atoms with Crippen LogP contribution in [0.4, 0.5) is 5.69 Å². The molecule has 6 heteroatoms. The highest BCUT2D eigenvalue weighted by atomic mass is 35.5. The second kappa shape index (κ2) is 7.47. The molecule has 3 rings (SSSR count). The molecule has 0 atom stereocenters. The smallest absolute Gasteiger partial charge is 0.255 e. The number of para-hydroxylation sites is 1. The lowest BCUT2D eigenvalue weighted by Crippen LogP contribution is -2.11. The van der Waals surface area contributed by atoms with Crippen LogP contribution >= 0.6 is 23.2 Å². The van der Waals surface area contributed by atoms with E-state index in [2.05, 4.69) is 5.32 Å². The molecule has 0 fully saturated rings. The van der Waals surface area contributed by atoms with Crippen molar-refractivity contribution in [3.05, 3.63) is 82.3 Å². The summed E-state index contributed by atoms with van der Waals surface area (Å²) in [5.74, 6) is 0.0210. The summed E-state index contributed by atoms with van der Waals surface area (Å²) in [4.78, 5) is 12.2. The molecule has 0 aliphatic rings. The predicted molar refractivity (Wildman–Crippen MR) is 99.0 cm³/mol. The van der Waals surface area contributed by atoms with Gasteiger partial charge in [0.25, 0.3) is 5.91 Å². The lowest BCUT2D eigenvalue weighted by Gasteiger charge is -2.11. The lowest BCUT2D eigenvalue weighted by atomic mass is 10.2. The second-order valence-electron chi connectivity index (χ2n) is 5.18. The first-order valence-corrected chi connectivity index (χ1v) is 8.11. The third-order valence-corrected chi connectivity index (χ3v) is 3.90. The van der Waals surface area contributed by atoms with Crippen LogP contribution < -0.4 is 10.1 Å². The van der Waals surface area contributed by atoms with Gasteiger partial charge in [0.05, 0.1) is 5.02 Å². The van der Waals surface area contributed by atoms with E-state index in [0.717, 1.165) is 0 Å². The Morgan fingerprint density at radius 3 is 2.32 bits per heavy atom. The summed E-state index contributed by atoms with van der Waals surface area (Å²) in [5.41, 5.74) is 0.969. The quantitative estimate of drug-likeness (QED) is 0.612. The van der Waals surface area contributed by atoms with E-state index in [9.17, 15) is 9.90 Å². The first kappa shape index (κ1) is 17.1. The number of rotatable bonds is 4. The highest BCUT2D eigenvalue weighted by Gasteiger charge is 2.12. The van der Waals surface area contributed by atoms with Crippen molar-refractivity contribution in [2.24, 2.45) is 0 Å². The van der Waals surface area contributed by atoms with E-state index in [-0.39, 0.29) is 17.4 Å². The molecule has 3 aromatic rings. The van der Waals surface area contributed by atoms with Gasteiger partial charge in [0, 0.05) is 16.3 Å². The number of benzene rings is 3. The van der Waals surface area contributed by atoms with Crippen molar-refractivity contribution in [1.29, 1.82) is 0 Å². The molecule has 0 heterocycles. The van der Waals surface area contributed by atoms with E-state index in [1.165, 1.54) is 18.2 Å². The van der Waals surface area contributed by atoms with Gasteiger partial charge >= 0.3 is 0 Å². The number of amides is 1. The van der Waals surface area contributed by atoms with Crippen LogP contribution in [0.25, 0.3) is 0 Å². The van der Waals surface area contributed by atoms with E-state index >= 15 is 0 Å². The minimum atomic E-state index is -0.336. The molecule has 0 radical (unpaired) electrons. The van der Waals surface area contributed by atoms with Crippen molar-refractivity contribution in [3.63, 3.8) is 0 Å². The van der Waals surface area contributed by atoms with Gasteiger partial charge in [-0.1, -0.05) is 41.4 Å². The summed E-state index contributed by atoms with van der Waals surface area (Å²) in [6.45, 7) is 0. The molecular weight excluding hydrogens is 361 g/mol. The summed E-state index contributed by atoms with van der Waals surface area (Å²) in [5, 5.41) is 13.7. The molecule has 2 N–H and O–H groups in total. The SMILES string of the molecule is O=C(Nc1ccccc1)c1ccc(Oc2ccc(Cl)cc2Cl)c(O)c1. The van der Waals surface area contributed by atoms with Gasteiger partial charge in [-0.2, -0.15) is 0 Å². The summed E-state index contributed by atoms with van der Waals surface area (Å²) in [6, 6.07) is 18.2. The van der Waals surface area contributed by atoms with Crippen molar-refractivity contribution >= 4 is 34.8 Å². The maximum absolute atomic E-state index is 12.2. The molecule has 25 heavy (non-hydrogen) atoms. The first-order chi connectivity index (χ1) is 12.0. The van der Waals surface area contributed by atoms with Crippen LogP contribution in [0.15, 0.2) is 66.7 Å². The number of nitrogens with one attached hydrogen (secondary N) is 1. The molecule has 0 saturated heterocycles. The normalized spacial score (nSPS) is 10.3. The minimum absolute atomic E-state index is 0.174. The average Bonchev–Trinajstić information content (AvgIpc) is 2.59. The number of aromatic hydroxyl groups is 1. The Morgan fingerprint density at radius 1 is 0.920 bits per heavy atom. The van der Waals surface area contributed by atoms with Crippen molar-refractivity contribution in [2.75, 3.05) is 5.32 Å². The van der Waals surface area contributed by atoms with Crippen molar-refractivity contribution in [3.8, 4) is 17.2 Å². The molecule has 1 amide bonds. The maximum atomic E-state index is 12.2. The molecular formula is C19H13Cl2NO3. The van der Waals surface area contributed by atoms with E-state index in [4.69, 9.17) is 27.9 Å². The number of carbonyl (C=O) groups is 1. The van der Waals surface area contributed by atoms with Crippen LogP contribution in [-0.4, -0.2) is 11.0 Å². The number of carbonyl (C=O) groups excluding carboxylic acids is 1. The standard InChI is InChI=1S/C19H13Cl2NO3/c20-13-7-9-17(15(21)11-13)25-18-8-6-12(10-16(18)23)19(24)22-14-4-2-1-3-5-14/h1-11,23H,(H,22,24). The van der Waals surface area contributed by atoms with Gasteiger partial charge in [-0.15, -0.1) is 0 Å². The fourth-order valence-electron chi connectivity index (χ4n) is 2.15. The van der Waals surface area contributed by atoms with Crippen LogP contribution in [0.1, 0.15) is 10.4 Å². The van der Waals surface area contributed by atoms with Crippen LogP contribution in [0.3, 0.4) is 0 Å². The number of ether oxygens (including phenoxy) is 1. The number of phenolic OH excluding ortho intramolecular Hbond substituents is 1. The van der Waals surface area contributed by atoms with Gasteiger partial charge in [0.15, 0.2) is 11.5 Å². The van der Waals surface area contributed by atoms with Gasteiger partial charge in [-0.25, -0.2) is 0 Å². The zero-order chi connectivity index (χ0) is 17.8. The number of halogens is 2. The van der Waals surface area contributed by atoms with Gasteiger partial charge in [0.2, 0.25) is 0 Å². The lowest BCUT2D eigenvalue weighted by molar-refractivity contribution is 0.102. The molecule has 0 aliphatic heterocycles. The topological polar surface area (TPSA) is 58.6 Å². The Kier molecular flexibility index (Phi) is 5.12. The van der Waals surface area contributed by atoms with Gasteiger partial charge in [-0.3, -0.25) is 4.79 Å². The molecule has 3 aromatic carbocycles. The summed E-state index contributed by atoms with van der Waals surface area (Å²) in [6.07, 6.45) is 0. The van der Waals surface area contributed by atoms with Crippen LogP contribution in [0, 0.1) is 0 Å².